The van der Waals surface area contributed by atoms with E-state index in [1.54, 1.807) is 4.90 Å². The van der Waals surface area contributed by atoms with Crippen molar-refractivity contribution in [3.05, 3.63) is 35.9 Å². The Labute approximate surface area is 156 Å². The standard InChI is InChI=1S/C19H28N2O4Si/c1-13(22)25-17-19(26(5)6,16(24)21(17)18(2,3)4)20-15(23)12-14-10-8-7-9-11-14/h7-11,17,26H,12H2,1-6H3,(H,20,23)/t17-,19+/m0/s1. The molecule has 7 heteroatoms. The Morgan fingerprint density at radius 1 is 1.23 bits per heavy atom. The fraction of sp³-hybridized carbons (Fsp3) is 0.526. The van der Waals surface area contributed by atoms with Gasteiger partial charge in [-0.05, 0) is 26.3 Å². The number of β-lactam (4-membered cyclic amide) rings is 1. The normalized spacial score (nSPS) is 22.8. The van der Waals surface area contributed by atoms with Gasteiger partial charge in [0.15, 0.2) is 5.16 Å². The van der Waals surface area contributed by atoms with E-state index in [1.165, 1.54) is 6.92 Å². The van der Waals surface area contributed by atoms with Gasteiger partial charge in [0.25, 0.3) is 5.91 Å². The fourth-order valence-corrected chi connectivity index (χ4v) is 5.23. The molecular weight excluding hydrogens is 348 g/mol. The van der Waals surface area contributed by atoms with E-state index in [2.05, 4.69) is 5.32 Å². The Kier molecular flexibility index (Phi) is 5.60. The number of likely N-dealkylation sites (tertiary alicyclic amines) is 1. The van der Waals surface area contributed by atoms with Crippen LogP contribution in [0.4, 0.5) is 0 Å². The molecule has 0 bridgehead atoms. The van der Waals surface area contributed by atoms with Crippen LogP contribution in [0.2, 0.25) is 13.1 Å². The van der Waals surface area contributed by atoms with Crippen molar-refractivity contribution >= 4 is 26.6 Å². The summed E-state index contributed by atoms with van der Waals surface area (Å²) in [6.07, 6.45) is -0.585. The molecule has 1 fully saturated rings. The molecule has 1 heterocycles. The van der Waals surface area contributed by atoms with E-state index in [4.69, 9.17) is 4.74 Å². The lowest BCUT2D eigenvalue weighted by Gasteiger charge is -2.60. The van der Waals surface area contributed by atoms with Gasteiger partial charge in [-0.1, -0.05) is 43.4 Å². The smallest absolute Gasteiger partial charge is 0.304 e. The highest BCUT2D eigenvalue weighted by molar-refractivity contribution is 6.66. The monoisotopic (exact) mass is 376 g/mol. The molecular formula is C19H28N2O4Si. The number of esters is 1. The van der Waals surface area contributed by atoms with Gasteiger partial charge >= 0.3 is 5.97 Å². The second-order valence-electron chi connectivity index (χ2n) is 8.04. The summed E-state index contributed by atoms with van der Waals surface area (Å²) >= 11 is 0. The zero-order chi connectivity index (χ0) is 19.7. The van der Waals surface area contributed by atoms with Crippen molar-refractivity contribution in [1.29, 1.82) is 0 Å². The maximum absolute atomic E-state index is 13.1. The molecule has 1 N–H and O–H groups in total. The van der Waals surface area contributed by atoms with Crippen LogP contribution in [-0.2, 0) is 25.5 Å². The van der Waals surface area contributed by atoms with Crippen molar-refractivity contribution in [2.45, 2.75) is 64.1 Å². The second kappa shape index (κ2) is 7.23. The molecule has 2 atom stereocenters. The lowest BCUT2D eigenvalue weighted by Crippen LogP contribution is -2.88. The number of hydrogen-bond donors (Lipinski definition) is 1. The van der Waals surface area contributed by atoms with Gasteiger partial charge in [-0.25, -0.2) is 0 Å². The van der Waals surface area contributed by atoms with E-state index in [0.29, 0.717) is 0 Å². The fourth-order valence-electron chi connectivity index (χ4n) is 3.36. The first-order valence-corrected chi connectivity index (χ1v) is 11.7. The van der Waals surface area contributed by atoms with Gasteiger partial charge < -0.3 is 10.1 Å². The predicted molar refractivity (Wildman–Crippen MR) is 102 cm³/mol. The molecule has 0 aromatic heterocycles. The number of carbonyl (C=O) groups excluding carboxylic acids is 3. The summed E-state index contributed by atoms with van der Waals surface area (Å²) in [7, 11) is -1.76. The van der Waals surface area contributed by atoms with Crippen LogP contribution >= 0.6 is 0 Å². The van der Waals surface area contributed by atoms with Crippen molar-refractivity contribution in [3.63, 3.8) is 0 Å². The lowest BCUT2D eigenvalue weighted by atomic mass is 9.93. The number of benzene rings is 1. The average Bonchev–Trinajstić information content (AvgIpc) is 2.51. The summed E-state index contributed by atoms with van der Waals surface area (Å²) in [5.41, 5.74) is 0.364. The van der Waals surface area contributed by atoms with E-state index in [1.807, 2.05) is 64.2 Å². The molecule has 2 rings (SSSR count). The van der Waals surface area contributed by atoms with Gasteiger partial charge in [0.05, 0.1) is 15.2 Å². The predicted octanol–water partition coefficient (Wildman–Crippen LogP) is 1.64. The number of amides is 2. The summed E-state index contributed by atoms with van der Waals surface area (Å²) in [6, 6.07) is 9.36. The van der Waals surface area contributed by atoms with Crippen molar-refractivity contribution < 1.29 is 19.1 Å². The first kappa shape index (κ1) is 20.2. The third kappa shape index (κ3) is 3.67. The molecule has 0 unspecified atom stereocenters. The molecule has 0 saturated carbocycles. The highest BCUT2D eigenvalue weighted by atomic mass is 28.3. The third-order valence-corrected chi connectivity index (χ3v) is 7.16. The summed E-state index contributed by atoms with van der Waals surface area (Å²) < 4.78 is 5.51. The quantitative estimate of drug-likeness (QED) is 0.482. The van der Waals surface area contributed by atoms with Gasteiger partial charge in [-0.2, -0.15) is 0 Å². The molecule has 1 aliphatic rings. The van der Waals surface area contributed by atoms with E-state index in [9.17, 15) is 14.4 Å². The van der Waals surface area contributed by atoms with Crippen molar-refractivity contribution in [2.24, 2.45) is 0 Å². The highest BCUT2D eigenvalue weighted by Crippen LogP contribution is 2.40. The van der Waals surface area contributed by atoms with Crippen LogP contribution in [0, 0.1) is 0 Å². The number of nitrogens with zero attached hydrogens (tertiary/aromatic N) is 1. The summed E-state index contributed by atoms with van der Waals surface area (Å²) in [6.45, 7) is 11.0. The van der Waals surface area contributed by atoms with Gasteiger partial charge in [0, 0.05) is 12.5 Å². The number of hydrogen-bond acceptors (Lipinski definition) is 4. The Balaban J connectivity index is 2.30. The minimum Gasteiger partial charge on any atom is -0.439 e. The Bertz CT molecular complexity index is 699. The zero-order valence-electron chi connectivity index (χ0n) is 16.3. The van der Waals surface area contributed by atoms with Gasteiger partial charge in [0.2, 0.25) is 12.1 Å². The van der Waals surface area contributed by atoms with Crippen LogP contribution < -0.4 is 5.32 Å². The SMILES string of the molecule is CC(=O)O[C@@H]1N(C(C)(C)C)C(=O)[C@@]1(NC(=O)Cc1ccccc1)[SiH](C)C. The maximum Gasteiger partial charge on any atom is 0.304 e. The summed E-state index contributed by atoms with van der Waals surface area (Å²) in [5, 5.41) is 1.83. The number of carbonyl (C=O) groups is 3. The Morgan fingerprint density at radius 3 is 2.27 bits per heavy atom. The van der Waals surface area contributed by atoms with Crippen molar-refractivity contribution in [1.82, 2.24) is 10.2 Å². The van der Waals surface area contributed by atoms with E-state index in [-0.39, 0.29) is 18.2 Å². The molecule has 1 aromatic carbocycles. The third-order valence-electron chi connectivity index (χ3n) is 4.66. The molecule has 0 aliphatic carbocycles. The van der Waals surface area contributed by atoms with E-state index >= 15 is 0 Å². The lowest BCUT2D eigenvalue weighted by molar-refractivity contribution is -0.209. The molecule has 142 valence electrons. The summed E-state index contributed by atoms with van der Waals surface area (Å²) in [4.78, 5) is 39.0. The molecule has 1 saturated heterocycles. The Morgan fingerprint density at radius 2 is 1.81 bits per heavy atom. The molecule has 0 radical (unpaired) electrons. The van der Waals surface area contributed by atoms with Crippen LogP contribution in [-0.4, -0.2) is 48.4 Å². The molecule has 0 spiro atoms. The molecule has 6 nitrogen and oxygen atoms in total. The van der Waals surface area contributed by atoms with Crippen LogP contribution in [0.1, 0.15) is 33.3 Å². The largest absolute Gasteiger partial charge is 0.439 e. The maximum atomic E-state index is 13.1. The van der Waals surface area contributed by atoms with Gasteiger partial charge in [-0.3, -0.25) is 19.3 Å². The highest BCUT2D eigenvalue weighted by Gasteiger charge is 2.67. The number of rotatable bonds is 5. The van der Waals surface area contributed by atoms with Gasteiger partial charge in [-0.15, -0.1) is 0 Å². The van der Waals surface area contributed by atoms with Crippen molar-refractivity contribution in [3.8, 4) is 0 Å². The minimum atomic E-state index is -1.76. The minimum absolute atomic E-state index is 0.167. The zero-order valence-corrected chi connectivity index (χ0v) is 17.5. The van der Waals surface area contributed by atoms with Crippen LogP contribution in [0.5, 0.6) is 0 Å². The van der Waals surface area contributed by atoms with Crippen LogP contribution in [0.3, 0.4) is 0 Å². The molecule has 2 amide bonds. The second-order valence-corrected chi connectivity index (χ2v) is 11.3. The number of nitrogens with one attached hydrogen (secondary N) is 1. The first-order chi connectivity index (χ1) is 12.0. The Hall–Kier alpha value is -2.15. The molecule has 26 heavy (non-hydrogen) atoms. The summed E-state index contributed by atoms with van der Waals surface area (Å²) in [5.74, 6) is -0.871. The first-order valence-electron chi connectivity index (χ1n) is 8.86. The van der Waals surface area contributed by atoms with Crippen LogP contribution in [0.15, 0.2) is 30.3 Å². The average molecular weight is 377 g/mol. The van der Waals surface area contributed by atoms with Gasteiger partial charge in [0.1, 0.15) is 0 Å². The number of ether oxygens (including phenoxy) is 1. The molecule has 1 aromatic rings. The topological polar surface area (TPSA) is 75.7 Å². The van der Waals surface area contributed by atoms with Crippen LogP contribution in [0.25, 0.3) is 0 Å². The van der Waals surface area contributed by atoms with E-state index < -0.39 is 31.7 Å². The van der Waals surface area contributed by atoms with E-state index in [0.717, 1.165) is 5.56 Å². The van der Waals surface area contributed by atoms with Crippen molar-refractivity contribution in [2.75, 3.05) is 0 Å². The molecule has 1 aliphatic heterocycles.